The maximum absolute atomic E-state index is 13.0. The van der Waals surface area contributed by atoms with Gasteiger partial charge in [0, 0.05) is 12.3 Å². The van der Waals surface area contributed by atoms with Gasteiger partial charge in [-0.15, -0.1) is 0 Å². The first-order valence-corrected chi connectivity index (χ1v) is 12.6. The smallest absolute Gasteiger partial charge is 0.407 e. The fourth-order valence-electron chi connectivity index (χ4n) is 5.52. The number of fused-ring (bicyclic) bond motifs is 3. The van der Waals surface area contributed by atoms with Gasteiger partial charge in [-0.1, -0.05) is 81.1 Å². The van der Waals surface area contributed by atoms with Gasteiger partial charge in [-0.25, -0.2) is 9.59 Å². The van der Waals surface area contributed by atoms with E-state index in [4.69, 9.17) is 4.74 Å². The molecule has 2 aliphatic carbocycles. The number of carboxylic acids is 1. The number of hydrogen-bond acceptors (Lipinski definition) is 4. The number of alkyl carbamates (subject to hydrolysis) is 1. The molecule has 0 bridgehead atoms. The molecule has 0 heterocycles. The van der Waals surface area contributed by atoms with Crippen molar-refractivity contribution in [2.24, 2.45) is 0 Å². The summed E-state index contributed by atoms with van der Waals surface area (Å²) in [6.45, 7) is 2.09. The van der Waals surface area contributed by atoms with Crippen LogP contribution >= 0.6 is 0 Å². The molecule has 35 heavy (non-hydrogen) atoms. The van der Waals surface area contributed by atoms with Gasteiger partial charge < -0.3 is 20.5 Å². The molecule has 2 amide bonds. The molecule has 4 rings (SSSR count). The van der Waals surface area contributed by atoms with Crippen LogP contribution in [0.5, 0.6) is 0 Å². The quantitative estimate of drug-likeness (QED) is 0.471. The van der Waals surface area contributed by atoms with Crippen molar-refractivity contribution >= 4 is 18.0 Å². The molecule has 7 nitrogen and oxygen atoms in total. The largest absolute Gasteiger partial charge is 0.480 e. The summed E-state index contributed by atoms with van der Waals surface area (Å²) in [7, 11) is 0. The van der Waals surface area contributed by atoms with Crippen LogP contribution in [0.4, 0.5) is 4.79 Å². The van der Waals surface area contributed by atoms with E-state index in [1.165, 1.54) is 0 Å². The summed E-state index contributed by atoms with van der Waals surface area (Å²) in [5.74, 6) is -1.43. The van der Waals surface area contributed by atoms with Gasteiger partial charge in [0.05, 0.1) is 5.54 Å². The highest BCUT2D eigenvalue weighted by Gasteiger charge is 2.38. The molecule has 3 N–H and O–H groups in total. The summed E-state index contributed by atoms with van der Waals surface area (Å²) in [5, 5.41) is 15.0. The van der Waals surface area contributed by atoms with Crippen LogP contribution in [-0.4, -0.2) is 41.3 Å². The molecule has 1 atom stereocenters. The van der Waals surface area contributed by atoms with Gasteiger partial charge in [-0.3, -0.25) is 4.79 Å². The van der Waals surface area contributed by atoms with E-state index in [2.05, 4.69) is 34.9 Å². The van der Waals surface area contributed by atoms with Crippen molar-refractivity contribution < 1.29 is 24.2 Å². The van der Waals surface area contributed by atoms with Crippen molar-refractivity contribution in [2.75, 3.05) is 6.61 Å². The summed E-state index contributed by atoms with van der Waals surface area (Å²) < 4.78 is 5.73. The summed E-state index contributed by atoms with van der Waals surface area (Å²) in [6, 6.07) is 15.4. The van der Waals surface area contributed by atoms with Gasteiger partial charge in [0.15, 0.2) is 0 Å². The Kier molecular flexibility index (Phi) is 7.73. The van der Waals surface area contributed by atoms with Gasteiger partial charge >= 0.3 is 12.1 Å². The van der Waals surface area contributed by atoms with Crippen LogP contribution in [0.25, 0.3) is 11.1 Å². The highest BCUT2D eigenvalue weighted by Crippen LogP contribution is 2.44. The maximum Gasteiger partial charge on any atom is 0.407 e. The Morgan fingerprint density at radius 2 is 1.60 bits per heavy atom. The molecular weight excluding hydrogens is 444 g/mol. The van der Waals surface area contributed by atoms with Crippen molar-refractivity contribution in [3.05, 3.63) is 59.7 Å². The molecule has 0 aliphatic heterocycles. The predicted molar refractivity (Wildman–Crippen MR) is 133 cm³/mol. The number of nitrogens with one attached hydrogen (secondary N) is 2. The van der Waals surface area contributed by atoms with Crippen molar-refractivity contribution in [1.82, 2.24) is 10.6 Å². The fourth-order valence-corrected chi connectivity index (χ4v) is 5.52. The van der Waals surface area contributed by atoms with E-state index >= 15 is 0 Å². The molecule has 0 unspecified atom stereocenters. The Labute approximate surface area is 206 Å². The molecular formula is C28H34N2O5. The average Bonchev–Trinajstić information content (AvgIpc) is 3.16. The van der Waals surface area contributed by atoms with E-state index in [0.717, 1.165) is 41.5 Å². The van der Waals surface area contributed by atoms with Crippen LogP contribution in [0, 0.1) is 0 Å². The lowest BCUT2D eigenvalue weighted by Gasteiger charge is -2.37. The van der Waals surface area contributed by atoms with Crippen LogP contribution in [-0.2, 0) is 14.3 Å². The second-order valence-electron chi connectivity index (χ2n) is 9.72. The number of ether oxygens (including phenoxy) is 1. The number of hydrogen-bond donors (Lipinski definition) is 3. The Morgan fingerprint density at radius 3 is 2.17 bits per heavy atom. The first kappa shape index (κ1) is 24.8. The molecule has 186 valence electrons. The van der Waals surface area contributed by atoms with E-state index in [1.807, 2.05) is 31.2 Å². The SMILES string of the molecule is CCC[C@H](NC(=O)CC1(NC(=O)OCC2c3ccccc3-c3ccccc32)CCCCC1)C(=O)O. The lowest BCUT2D eigenvalue weighted by Crippen LogP contribution is -2.54. The number of benzene rings is 2. The fraction of sp³-hybridized carbons (Fsp3) is 0.464. The number of aliphatic carboxylic acids is 1. The number of carboxylic acid groups (broad SMARTS) is 1. The Balaban J connectivity index is 1.41. The standard InChI is InChI=1S/C28H34N2O5/c1-2-10-24(26(32)33)29-25(31)17-28(15-8-3-9-16-28)30-27(34)35-18-23-21-13-6-4-11-19(21)20-12-5-7-14-22(20)23/h4-7,11-14,23-24H,2-3,8-10,15-18H2,1H3,(H,29,31)(H,30,34)(H,32,33)/t24-/m0/s1. The van der Waals surface area contributed by atoms with Gasteiger partial charge in [0.1, 0.15) is 12.6 Å². The summed E-state index contributed by atoms with van der Waals surface area (Å²) in [5.41, 5.74) is 3.89. The zero-order chi connectivity index (χ0) is 24.8. The van der Waals surface area contributed by atoms with Crippen LogP contribution in [0.1, 0.15) is 75.3 Å². The Hall–Kier alpha value is -3.35. The van der Waals surface area contributed by atoms with Gasteiger partial charge in [0.2, 0.25) is 5.91 Å². The third-order valence-corrected chi connectivity index (χ3v) is 7.23. The predicted octanol–water partition coefficient (Wildman–Crippen LogP) is 4.99. The molecule has 0 spiro atoms. The molecule has 1 saturated carbocycles. The molecule has 2 aromatic rings. The Bertz CT molecular complexity index is 1030. The number of carbonyl (C=O) groups excluding carboxylic acids is 2. The zero-order valence-electron chi connectivity index (χ0n) is 20.2. The molecule has 0 radical (unpaired) electrons. The summed E-state index contributed by atoms with van der Waals surface area (Å²) >= 11 is 0. The van der Waals surface area contributed by atoms with Crippen molar-refractivity contribution in [3.63, 3.8) is 0 Å². The second-order valence-corrected chi connectivity index (χ2v) is 9.72. The van der Waals surface area contributed by atoms with E-state index in [1.54, 1.807) is 0 Å². The minimum absolute atomic E-state index is 0.0378. The monoisotopic (exact) mass is 478 g/mol. The van der Waals surface area contributed by atoms with Crippen LogP contribution in [0.2, 0.25) is 0 Å². The first-order chi connectivity index (χ1) is 16.9. The zero-order valence-corrected chi connectivity index (χ0v) is 20.2. The second kappa shape index (κ2) is 10.9. The van der Waals surface area contributed by atoms with Crippen molar-refractivity contribution in [2.45, 2.75) is 75.8 Å². The third-order valence-electron chi connectivity index (χ3n) is 7.23. The summed E-state index contributed by atoms with van der Waals surface area (Å²) in [6.07, 6.45) is 4.70. The Morgan fingerprint density at radius 1 is 1.00 bits per heavy atom. The number of rotatable bonds is 9. The van der Waals surface area contributed by atoms with E-state index in [9.17, 15) is 19.5 Å². The molecule has 2 aromatic carbocycles. The van der Waals surface area contributed by atoms with E-state index in [-0.39, 0.29) is 24.9 Å². The van der Waals surface area contributed by atoms with Crippen LogP contribution in [0.3, 0.4) is 0 Å². The van der Waals surface area contributed by atoms with Crippen molar-refractivity contribution in [1.29, 1.82) is 0 Å². The van der Waals surface area contributed by atoms with Crippen LogP contribution < -0.4 is 10.6 Å². The molecule has 1 fully saturated rings. The highest BCUT2D eigenvalue weighted by molar-refractivity contribution is 5.84. The lowest BCUT2D eigenvalue weighted by atomic mass is 9.79. The van der Waals surface area contributed by atoms with Gasteiger partial charge in [-0.2, -0.15) is 0 Å². The molecule has 7 heteroatoms. The molecule has 0 aromatic heterocycles. The third kappa shape index (κ3) is 5.66. The molecule has 0 saturated heterocycles. The van der Waals surface area contributed by atoms with Gasteiger partial charge in [-0.05, 0) is 41.5 Å². The van der Waals surface area contributed by atoms with E-state index < -0.39 is 23.6 Å². The van der Waals surface area contributed by atoms with Crippen LogP contribution in [0.15, 0.2) is 48.5 Å². The minimum Gasteiger partial charge on any atom is -0.480 e. The number of amides is 2. The maximum atomic E-state index is 13.0. The average molecular weight is 479 g/mol. The topological polar surface area (TPSA) is 105 Å². The highest BCUT2D eigenvalue weighted by atomic mass is 16.5. The minimum atomic E-state index is -1.04. The van der Waals surface area contributed by atoms with Crippen molar-refractivity contribution in [3.8, 4) is 11.1 Å². The molecule has 2 aliphatic rings. The lowest BCUT2D eigenvalue weighted by molar-refractivity contribution is -0.142. The number of carbonyl (C=O) groups is 3. The first-order valence-electron chi connectivity index (χ1n) is 12.6. The van der Waals surface area contributed by atoms with E-state index in [0.29, 0.717) is 25.7 Å². The van der Waals surface area contributed by atoms with Gasteiger partial charge in [0.25, 0.3) is 0 Å². The normalized spacial score (nSPS) is 17.1. The summed E-state index contributed by atoms with van der Waals surface area (Å²) in [4.78, 5) is 37.2.